The van der Waals surface area contributed by atoms with Gasteiger partial charge in [-0.25, -0.2) is 0 Å². The number of hydrogen-bond acceptors (Lipinski definition) is 4. The van der Waals surface area contributed by atoms with E-state index in [4.69, 9.17) is 11.2 Å². The number of aliphatic carboxylic acids is 1. The number of carbonyl (C=O) groups excluding carboxylic acids is 2. The number of hydrogen-bond donors (Lipinski definition) is 1. The van der Waals surface area contributed by atoms with Crippen LogP contribution in [0.3, 0.4) is 0 Å². The summed E-state index contributed by atoms with van der Waals surface area (Å²) in [5.74, 6) is -2.17. The van der Waals surface area contributed by atoms with Crippen molar-refractivity contribution in [1.29, 1.82) is 0 Å². The zero-order chi connectivity index (χ0) is 18.2. The number of para-hydroxylation sites is 1. The molecule has 21 heavy (non-hydrogen) atoms. The van der Waals surface area contributed by atoms with Crippen molar-refractivity contribution in [2.45, 2.75) is 6.42 Å². The SMILES string of the molecule is [2H]c1c([2H])c(C(=O)c2cccc(CC(=O)[O-])c2N)c([2H])c([2H])c1Br.[Na+]. The second-order valence-corrected chi connectivity index (χ2v) is 4.74. The molecule has 0 amide bonds. The zero-order valence-corrected chi connectivity index (χ0v) is 14.7. The topological polar surface area (TPSA) is 83.2 Å². The molecule has 0 fully saturated rings. The summed E-state index contributed by atoms with van der Waals surface area (Å²) in [5.41, 5.74) is 5.41. The molecule has 0 aliphatic carbocycles. The van der Waals surface area contributed by atoms with E-state index in [-0.39, 0.29) is 62.9 Å². The summed E-state index contributed by atoms with van der Waals surface area (Å²) in [4.78, 5) is 23.4. The minimum Gasteiger partial charge on any atom is -0.550 e. The number of benzene rings is 2. The minimum atomic E-state index is -1.36. The predicted molar refractivity (Wildman–Crippen MR) is 77.1 cm³/mol. The first-order valence-electron chi connectivity index (χ1n) is 7.54. The molecule has 0 unspecified atom stereocenters. The molecule has 0 aliphatic rings. The number of halogens is 1. The molecule has 0 atom stereocenters. The molecule has 0 aliphatic heterocycles. The summed E-state index contributed by atoms with van der Waals surface area (Å²) in [6.07, 6.45) is -0.484. The van der Waals surface area contributed by atoms with Crippen LogP contribution < -0.4 is 40.4 Å². The first-order valence-corrected chi connectivity index (χ1v) is 6.33. The van der Waals surface area contributed by atoms with E-state index in [2.05, 4.69) is 15.9 Å². The molecular weight excluding hydrogens is 345 g/mol. The predicted octanol–water partition coefficient (Wildman–Crippen LogP) is -1.44. The summed E-state index contributed by atoms with van der Waals surface area (Å²) < 4.78 is 31.3. The van der Waals surface area contributed by atoms with Crippen LogP contribution in [0.1, 0.15) is 27.0 Å². The van der Waals surface area contributed by atoms with Gasteiger partial charge in [0.25, 0.3) is 0 Å². The van der Waals surface area contributed by atoms with E-state index in [1.807, 2.05) is 0 Å². The van der Waals surface area contributed by atoms with Gasteiger partial charge in [0.05, 0.1) is 5.48 Å². The van der Waals surface area contributed by atoms with Gasteiger partial charge >= 0.3 is 29.6 Å². The fourth-order valence-corrected chi connectivity index (χ4v) is 1.86. The van der Waals surface area contributed by atoms with Crippen molar-refractivity contribution in [2.75, 3.05) is 5.73 Å². The maximum Gasteiger partial charge on any atom is 1.00 e. The van der Waals surface area contributed by atoms with Crippen LogP contribution in [0.15, 0.2) is 46.8 Å². The molecule has 0 saturated carbocycles. The van der Waals surface area contributed by atoms with Gasteiger partial charge in [0.15, 0.2) is 5.78 Å². The van der Waals surface area contributed by atoms with Gasteiger partial charge in [0, 0.05) is 33.7 Å². The second kappa shape index (κ2) is 7.75. The summed E-state index contributed by atoms with van der Waals surface area (Å²) in [6.45, 7) is 0. The van der Waals surface area contributed by atoms with Gasteiger partial charge in [-0.1, -0.05) is 28.1 Å². The van der Waals surface area contributed by atoms with Crippen molar-refractivity contribution >= 4 is 33.4 Å². The molecular formula is C15H11BrNNaO3. The molecule has 2 aromatic rings. The Balaban J connectivity index is 0.00000312. The van der Waals surface area contributed by atoms with Gasteiger partial charge in [-0.2, -0.15) is 0 Å². The molecule has 0 heterocycles. The molecule has 6 heteroatoms. The Morgan fingerprint density at radius 2 is 1.86 bits per heavy atom. The second-order valence-electron chi connectivity index (χ2n) is 3.95. The molecule has 4 nitrogen and oxygen atoms in total. The molecule has 102 valence electrons. The summed E-state index contributed by atoms with van der Waals surface area (Å²) in [5, 5.41) is 10.7. The van der Waals surface area contributed by atoms with Gasteiger partial charge in [-0.3, -0.25) is 4.79 Å². The normalized spacial score (nSPS) is 12.4. The number of nitrogens with two attached hydrogens (primary N) is 1. The van der Waals surface area contributed by atoms with Crippen LogP contribution in [-0.4, -0.2) is 11.8 Å². The first-order chi connectivity index (χ1) is 11.2. The van der Waals surface area contributed by atoms with Crippen LogP contribution in [0.25, 0.3) is 0 Å². The summed E-state index contributed by atoms with van der Waals surface area (Å²) >= 11 is 2.95. The Bertz CT molecular complexity index is 847. The first kappa shape index (κ1) is 12.4. The van der Waals surface area contributed by atoms with Crippen molar-refractivity contribution in [3.05, 3.63) is 63.5 Å². The van der Waals surface area contributed by atoms with Crippen LogP contribution in [0.4, 0.5) is 5.69 Å². The van der Waals surface area contributed by atoms with Crippen molar-refractivity contribution in [2.24, 2.45) is 0 Å². The van der Waals surface area contributed by atoms with Gasteiger partial charge < -0.3 is 15.6 Å². The number of anilines is 1. The number of nitrogen functional groups attached to an aromatic ring is 1. The standard InChI is InChI=1S/C15H12BrNO3.Na/c16-11-6-4-9(5-7-11)15(20)12-3-1-2-10(14(12)17)8-13(18)19;/h1-7H,8,17H2,(H,18,19);/q;+1/p-1/i4D,5D,6D,7D;. The molecule has 0 radical (unpaired) electrons. The Morgan fingerprint density at radius 1 is 1.24 bits per heavy atom. The fourth-order valence-electron chi connectivity index (χ4n) is 1.67. The Morgan fingerprint density at radius 3 is 2.43 bits per heavy atom. The third-order valence-electron chi connectivity index (χ3n) is 2.60. The summed E-state index contributed by atoms with van der Waals surface area (Å²) in [6, 6.07) is 2.42. The van der Waals surface area contributed by atoms with Crippen molar-refractivity contribution < 1.29 is 49.7 Å². The Labute approximate surface area is 158 Å². The molecule has 2 rings (SSSR count). The van der Waals surface area contributed by atoms with Gasteiger partial charge in [0.2, 0.25) is 0 Å². The van der Waals surface area contributed by atoms with Crippen LogP contribution in [0.2, 0.25) is 0 Å². The van der Waals surface area contributed by atoms with Crippen LogP contribution in [0.5, 0.6) is 0 Å². The van der Waals surface area contributed by atoms with Crippen molar-refractivity contribution in [3.8, 4) is 0 Å². The molecule has 0 aromatic heterocycles. The number of rotatable bonds is 4. The third-order valence-corrected chi connectivity index (χ3v) is 2.99. The summed E-state index contributed by atoms with van der Waals surface area (Å²) in [7, 11) is 0. The Kier molecular flexibility index (Phi) is 4.58. The molecule has 0 saturated heterocycles. The maximum atomic E-state index is 12.7. The van der Waals surface area contributed by atoms with Crippen LogP contribution in [0, 0.1) is 0 Å². The van der Waals surface area contributed by atoms with E-state index < -0.39 is 35.8 Å². The van der Waals surface area contributed by atoms with E-state index >= 15 is 0 Å². The van der Waals surface area contributed by atoms with Gasteiger partial charge in [0.1, 0.15) is 0 Å². The molecule has 2 aromatic carbocycles. The quantitative estimate of drug-likeness (QED) is 0.411. The fraction of sp³-hybridized carbons (Fsp3) is 0.0667. The average Bonchev–Trinajstić information content (AvgIpc) is 2.52. The number of carboxylic acids is 1. The van der Waals surface area contributed by atoms with E-state index in [0.717, 1.165) is 0 Å². The maximum absolute atomic E-state index is 12.7. The monoisotopic (exact) mass is 359 g/mol. The van der Waals surface area contributed by atoms with E-state index in [9.17, 15) is 14.7 Å². The van der Waals surface area contributed by atoms with Crippen LogP contribution >= 0.6 is 15.9 Å². The molecule has 2 N–H and O–H groups in total. The van der Waals surface area contributed by atoms with Gasteiger partial charge in [-0.05, 0) is 35.8 Å². The van der Waals surface area contributed by atoms with Gasteiger partial charge in [-0.15, -0.1) is 0 Å². The number of carboxylic acid groups (broad SMARTS) is 1. The van der Waals surface area contributed by atoms with E-state index in [1.54, 1.807) is 0 Å². The molecule has 0 bridgehead atoms. The minimum absolute atomic E-state index is 0. The van der Waals surface area contributed by atoms with Crippen molar-refractivity contribution in [1.82, 2.24) is 0 Å². The Hall–Kier alpha value is -1.14. The average molecular weight is 360 g/mol. The number of ketones is 1. The molecule has 0 spiro atoms. The zero-order valence-electron chi connectivity index (χ0n) is 15.1. The smallest absolute Gasteiger partial charge is 0.550 e. The van der Waals surface area contributed by atoms with Crippen molar-refractivity contribution in [3.63, 3.8) is 0 Å². The van der Waals surface area contributed by atoms with Crippen LogP contribution in [-0.2, 0) is 11.2 Å². The number of carbonyl (C=O) groups is 2. The largest absolute Gasteiger partial charge is 1.00 e. The third kappa shape index (κ3) is 4.41. The van der Waals surface area contributed by atoms with E-state index in [0.29, 0.717) is 0 Å². The van der Waals surface area contributed by atoms with E-state index in [1.165, 1.54) is 18.2 Å².